The number of unbranched alkanes of at least 4 members (excludes halogenated alkanes) is 10. The van der Waals surface area contributed by atoms with Gasteiger partial charge in [0.2, 0.25) is 5.91 Å². The Kier molecular flexibility index (Phi) is 12.8. The van der Waals surface area contributed by atoms with E-state index in [1.165, 1.54) is 51.4 Å². The molecule has 0 aliphatic carbocycles. The fourth-order valence-corrected chi connectivity index (χ4v) is 2.40. The van der Waals surface area contributed by atoms with Crippen LogP contribution in [0.5, 0.6) is 0 Å². The lowest BCUT2D eigenvalue weighted by molar-refractivity contribution is -0.131. The standard InChI is InChI=1S/C17H31NO3/c1-2-3-4-5-6-7-8-9-10-11-12-13-15(17(18)21)14-16(19)20/h14H,2-13H2,1H3,(H2,18,21)(H,19,20)/b15-14-. The molecule has 1 amide bonds. The molecule has 0 atom stereocenters. The lowest BCUT2D eigenvalue weighted by Crippen LogP contribution is -2.15. The summed E-state index contributed by atoms with van der Waals surface area (Å²) in [5, 5.41) is 8.63. The molecule has 0 bridgehead atoms. The Balaban J connectivity index is 3.46. The van der Waals surface area contributed by atoms with E-state index >= 15 is 0 Å². The summed E-state index contributed by atoms with van der Waals surface area (Å²) >= 11 is 0. The van der Waals surface area contributed by atoms with Crippen molar-refractivity contribution in [1.29, 1.82) is 0 Å². The van der Waals surface area contributed by atoms with Crippen molar-refractivity contribution in [2.45, 2.75) is 84.0 Å². The Morgan fingerprint density at radius 1 is 0.857 bits per heavy atom. The Morgan fingerprint density at radius 2 is 1.29 bits per heavy atom. The maximum absolute atomic E-state index is 11.0. The van der Waals surface area contributed by atoms with Gasteiger partial charge in [0.05, 0.1) is 0 Å². The minimum absolute atomic E-state index is 0.221. The predicted octanol–water partition coefficient (Wildman–Crippen LogP) is 4.18. The zero-order chi connectivity index (χ0) is 15.9. The van der Waals surface area contributed by atoms with Crippen LogP contribution >= 0.6 is 0 Å². The van der Waals surface area contributed by atoms with Crippen molar-refractivity contribution in [2.24, 2.45) is 5.73 Å². The van der Waals surface area contributed by atoms with E-state index in [1.54, 1.807) is 0 Å². The molecule has 122 valence electrons. The van der Waals surface area contributed by atoms with E-state index in [0.29, 0.717) is 6.42 Å². The van der Waals surface area contributed by atoms with Gasteiger partial charge in [-0.25, -0.2) is 4.79 Å². The highest BCUT2D eigenvalue weighted by Crippen LogP contribution is 2.13. The minimum atomic E-state index is -1.10. The topological polar surface area (TPSA) is 80.4 Å². The normalized spacial score (nSPS) is 11.6. The predicted molar refractivity (Wildman–Crippen MR) is 86.0 cm³/mol. The molecule has 0 saturated carbocycles. The summed E-state index contributed by atoms with van der Waals surface area (Å²) in [7, 11) is 0. The van der Waals surface area contributed by atoms with Crippen LogP contribution in [-0.4, -0.2) is 17.0 Å². The molecule has 0 unspecified atom stereocenters. The Morgan fingerprint density at radius 3 is 1.67 bits per heavy atom. The number of hydrogen-bond donors (Lipinski definition) is 2. The van der Waals surface area contributed by atoms with Crippen LogP contribution in [0, 0.1) is 0 Å². The van der Waals surface area contributed by atoms with Gasteiger partial charge in [-0.15, -0.1) is 0 Å². The third-order valence-electron chi connectivity index (χ3n) is 3.66. The van der Waals surface area contributed by atoms with Gasteiger partial charge in [0.15, 0.2) is 0 Å². The smallest absolute Gasteiger partial charge is 0.328 e. The second-order valence-electron chi connectivity index (χ2n) is 5.66. The first-order valence-corrected chi connectivity index (χ1v) is 8.31. The zero-order valence-electron chi connectivity index (χ0n) is 13.4. The fourth-order valence-electron chi connectivity index (χ4n) is 2.40. The molecule has 3 N–H and O–H groups in total. The highest BCUT2D eigenvalue weighted by atomic mass is 16.4. The highest BCUT2D eigenvalue weighted by Gasteiger charge is 2.06. The molecule has 0 radical (unpaired) electrons. The lowest BCUT2D eigenvalue weighted by Gasteiger charge is -2.04. The SMILES string of the molecule is CCCCCCCCCCCCC/C(=C/C(=O)O)C(N)=O. The fraction of sp³-hybridized carbons (Fsp3) is 0.765. The minimum Gasteiger partial charge on any atom is -0.478 e. The maximum atomic E-state index is 11.0. The summed E-state index contributed by atoms with van der Waals surface area (Å²) < 4.78 is 0. The summed E-state index contributed by atoms with van der Waals surface area (Å²) in [6.07, 6.45) is 14.9. The molecule has 0 aromatic rings. The number of primary amides is 1. The monoisotopic (exact) mass is 297 g/mol. The van der Waals surface area contributed by atoms with Crippen LogP contribution < -0.4 is 5.73 Å². The third-order valence-corrected chi connectivity index (χ3v) is 3.66. The first-order chi connectivity index (χ1) is 10.1. The molecule has 0 aromatic carbocycles. The van der Waals surface area contributed by atoms with Gasteiger partial charge in [-0.05, 0) is 12.8 Å². The summed E-state index contributed by atoms with van der Waals surface area (Å²) in [4.78, 5) is 21.6. The Labute approximate surface area is 128 Å². The van der Waals surface area contributed by atoms with Gasteiger partial charge in [-0.2, -0.15) is 0 Å². The molecule has 0 aliphatic rings. The van der Waals surface area contributed by atoms with Crippen molar-refractivity contribution < 1.29 is 14.7 Å². The number of rotatable bonds is 14. The molecule has 21 heavy (non-hydrogen) atoms. The lowest BCUT2D eigenvalue weighted by atomic mass is 10.0. The van der Waals surface area contributed by atoms with Gasteiger partial charge in [-0.1, -0.05) is 71.1 Å². The number of nitrogens with two attached hydrogens (primary N) is 1. The first kappa shape index (κ1) is 19.7. The number of aliphatic carboxylic acids is 1. The molecule has 4 heteroatoms. The van der Waals surface area contributed by atoms with E-state index in [0.717, 1.165) is 25.3 Å². The summed E-state index contributed by atoms with van der Waals surface area (Å²) in [6, 6.07) is 0. The molecule has 0 rings (SSSR count). The molecule has 0 aromatic heterocycles. The highest BCUT2D eigenvalue weighted by molar-refractivity contribution is 5.97. The average molecular weight is 297 g/mol. The molecule has 0 fully saturated rings. The quantitative estimate of drug-likeness (QED) is 0.373. The van der Waals surface area contributed by atoms with Crippen LogP contribution in [0.4, 0.5) is 0 Å². The van der Waals surface area contributed by atoms with Crippen LogP contribution in [-0.2, 0) is 9.59 Å². The zero-order valence-corrected chi connectivity index (χ0v) is 13.4. The van der Waals surface area contributed by atoms with Crippen molar-refractivity contribution in [2.75, 3.05) is 0 Å². The molecular formula is C17H31NO3. The van der Waals surface area contributed by atoms with Gasteiger partial charge < -0.3 is 10.8 Å². The van der Waals surface area contributed by atoms with Crippen molar-refractivity contribution in [3.63, 3.8) is 0 Å². The van der Waals surface area contributed by atoms with Gasteiger partial charge in [0.1, 0.15) is 0 Å². The third kappa shape index (κ3) is 13.4. The molecule has 0 heterocycles. The second-order valence-corrected chi connectivity index (χ2v) is 5.66. The number of amides is 1. The van der Waals surface area contributed by atoms with E-state index < -0.39 is 11.9 Å². The summed E-state index contributed by atoms with van der Waals surface area (Å²) in [5.41, 5.74) is 5.37. The maximum Gasteiger partial charge on any atom is 0.328 e. The van der Waals surface area contributed by atoms with Gasteiger partial charge >= 0.3 is 5.97 Å². The van der Waals surface area contributed by atoms with Crippen LogP contribution in [0.25, 0.3) is 0 Å². The molecule has 0 aliphatic heterocycles. The summed E-state index contributed by atoms with van der Waals surface area (Å²) in [6.45, 7) is 2.23. The molecule has 0 spiro atoms. The second kappa shape index (κ2) is 13.7. The first-order valence-electron chi connectivity index (χ1n) is 8.31. The van der Waals surface area contributed by atoms with E-state index in [-0.39, 0.29) is 5.57 Å². The number of carboxylic acids is 1. The Hall–Kier alpha value is -1.32. The number of hydrogen-bond acceptors (Lipinski definition) is 2. The number of carbonyl (C=O) groups is 2. The molecular weight excluding hydrogens is 266 g/mol. The van der Waals surface area contributed by atoms with E-state index in [4.69, 9.17) is 10.8 Å². The summed E-state index contributed by atoms with van der Waals surface area (Å²) in [5.74, 6) is -1.73. The number of carbonyl (C=O) groups excluding carboxylic acids is 1. The van der Waals surface area contributed by atoms with Gasteiger partial charge in [-0.3, -0.25) is 4.79 Å². The Bertz CT molecular complexity index is 324. The van der Waals surface area contributed by atoms with Crippen LogP contribution in [0.3, 0.4) is 0 Å². The van der Waals surface area contributed by atoms with Gasteiger partial charge in [0.25, 0.3) is 0 Å². The van der Waals surface area contributed by atoms with E-state index in [2.05, 4.69) is 6.92 Å². The van der Waals surface area contributed by atoms with Crippen molar-refractivity contribution >= 4 is 11.9 Å². The molecule has 4 nitrogen and oxygen atoms in total. The van der Waals surface area contributed by atoms with Crippen molar-refractivity contribution in [3.8, 4) is 0 Å². The van der Waals surface area contributed by atoms with E-state index in [9.17, 15) is 9.59 Å². The van der Waals surface area contributed by atoms with Crippen molar-refractivity contribution in [3.05, 3.63) is 11.6 Å². The van der Waals surface area contributed by atoms with Gasteiger partial charge in [0, 0.05) is 11.6 Å². The van der Waals surface area contributed by atoms with Crippen LogP contribution in [0.15, 0.2) is 11.6 Å². The van der Waals surface area contributed by atoms with Crippen molar-refractivity contribution in [1.82, 2.24) is 0 Å². The number of carboxylic acid groups (broad SMARTS) is 1. The van der Waals surface area contributed by atoms with Crippen LogP contribution in [0.1, 0.15) is 84.0 Å². The largest absolute Gasteiger partial charge is 0.478 e. The average Bonchev–Trinajstić information content (AvgIpc) is 2.42. The molecule has 0 saturated heterocycles. The van der Waals surface area contributed by atoms with Crippen LogP contribution in [0.2, 0.25) is 0 Å². The van der Waals surface area contributed by atoms with E-state index in [1.807, 2.05) is 0 Å².